The van der Waals surface area contributed by atoms with Crippen molar-refractivity contribution in [3.63, 3.8) is 0 Å². The Morgan fingerprint density at radius 3 is 2.72 bits per heavy atom. The monoisotopic (exact) mass is 269 g/mol. The molecule has 5 nitrogen and oxygen atoms in total. The standard InChI is InChI=1S/C12H15NO4S/c1-17-8-5-9(18-7-8)11(16)13-12(3-2-4-12)6-10(14)15/h5,7H,2-4,6H2,1H3,(H,13,16)(H,14,15). The highest BCUT2D eigenvalue weighted by Crippen LogP contribution is 2.35. The molecule has 1 aromatic rings. The maximum absolute atomic E-state index is 12.0. The summed E-state index contributed by atoms with van der Waals surface area (Å²) in [5, 5.41) is 13.5. The van der Waals surface area contributed by atoms with E-state index in [1.807, 2.05) is 0 Å². The Kier molecular flexibility index (Phi) is 3.56. The number of ether oxygens (including phenoxy) is 1. The number of methoxy groups -OCH3 is 1. The van der Waals surface area contributed by atoms with Gasteiger partial charge >= 0.3 is 5.97 Å². The number of nitrogens with one attached hydrogen (secondary N) is 1. The van der Waals surface area contributed by atoms with Crippen LogP contribution in [0.4, 0.5) is 0 Å². The van der Waals surface area contributed by atoms with Crippen LogP contribution in [-0.4, -0.2) is 29.6 Å². The minimum absolute atomic E-state index is 0.0126. The summed E-state index contributed by atoms with van der Waals surface area (Å²) >= 11 is 1.29. The fourth-order valence-electron chi connectivity index (χ4n) is 2.09. The van der Waals surface area contributed by atoms with Gasteiger partial charge in [0, 0.05) is 11.4 Å². The molecule has 1 fully saturated rings. The summed E-state index contributed by atoms with van der Waals surface area (Å²) in [7, 11) is 1.54. The van der Waals surface area contributed by atoms with Crippen LogP contribution in [0.15, 0.2) is 11.4 Å². The predicted molar refractivity (Wildman–Crippen MR) is 67.2 cm³/mol. The molecule has 1 heterocycles. The summed E-state index contributed by atoms with van der Waals surface area (Å²) in [5.74, 6) is -0.450. The number of aliphatic carboxylic acids is 1. The SMILES string of the molecule is COc1csc(C(=O)NC2(CC(=O)O)CCC2)c1. The number of carbonyl (C=O) groups is 2. The number of carbonyl (C=O) groups excluding carboxylic acids is 1. The zero-order valence-electron chi connectivity index (χ0n) is 10.1. The maximum atomic E-state index is 12.0. The molecule has 0 unspecified atom stereocenters. The van der Waals surface area contributed by atoms with Crippen molar-refractivity contribution in [3.8, 4) is 5.75 Å². The molecule has 6 heteroatoms. The molecule has 98 valence electrons. The predicted octanol–water partition coefficient (Wildman–Crippen LogP) is 1.88. The first-order chi connectivity index (χ1) is 8.54. The topological polar surface area (TPSA) is 75.6 Å². The van der Waals surface area contributed by atoms with Crippen LogP contribution in [0.1, 0.15) is 35.4 Å². The third kappa shape index (κ3) is 2.64. The van der Waals surface area contributed by atoms with Gasteiger partial charge in [0.25, 0.3) is 5.91 Å². The molecule has 1 saturated carbocycles. The molecule has 0 atom stereocenters. The van der Waals surface area contributed by atoms with Crippen LogP contribution in [0.25, 0.3) is 0 Å². The van der Waals surface area contributed by atoms with Gasteiger partial charge in [-0.2, -0.15) is 0 Å². The van der Waals surface area contributed by atoms with E-state index in [0.29, 0.717) is 10.6 Å². The highest BCUT2D eigenvalue weighted by atomic mass is 32.1. The van der Waals surface area contributed by atoms with Crippen molar-refractivity contribution < 1.29 is 19.4 Å². The molecular weight excluding hydrogens is 254 g/mol. The normalized spacial score (nSPS) is 16.7. The van der Waals surface area contributed by atoms with E-state index in [4.69, 9.17) is 9.84 Å². The van der Waals surface area contributed by atoms with Gasteiger partial charge in [0.2, 0.25) is 0 Å². The lowest BCUT2D eigenvalue weighted by atomic mass is 9.74. The van der Waals surface area contributed by atoms with Crippen LogP contribution >= 0.6 is 11.3 Å². The van der Waals surface area contributed by atoms with Gasteiger partial charge in [-0.3, -0.25) is 9.59 Å². The van der Waals surface area contributed by atoms with Gasteiger partial charge in [-0.05, 0) is 19.3 Å². The summed E-state index contributed by atoms with van der Waals surface area (Å²) in [6.45, 7) is 0. The van der Waals surface area contributed by atoms with E-state index < -0.39 is 11.5 Å². The summed E-state index contributed by atoms with van der Waals surface area (Å²) in [6.07, 6.45) is 2.41. The van der Waals surface area contributed by atoms with Gasteiger partial charge in [-0.25, -0.2) is 0 Å². The average molecular weight is 269 g/mol. The summed E-state index contributed by atoms with van der Waals surface area (Å²) in [4.78, 5) is 23.4. The van der Waals surface area contributed by atoms with Crippen molar-refractivity contribution in [3.05, 3.63) is 16.3 Å². The number of hydrogen-bond donors (Lipinski definition) is 2. The highest BCUT2D eigenvalue weighted by Gasteiger charge is 2.40. The number of carboxylic acids is 1. The first-order valence-corrected chi connectivity index (χ1v) is 6.59. The van der Waals surface area contributed by atoms with E-state index in [1.54, 1.807) is 18.6 Å². The second-order valence-electron chi connectivity index (χ2n) is 4.51. The smallest absolute Gasteiger partial charge is 0.305 e. The minimum atomic E-state index is -0.876. The highest BCUT2D eigenvalue weighted by molar-refractivity contribution is 7.12. The molecule has 2 rings (SSSR count). The van der Waals surface area contributed by atoms with Crippen LogP contribution in [0.5, 0.6) is 5.75 Å². The van der Waals surface area contributed by atoms with Crippen molar-refractivity contribution in [2.75, 3.05) is 7.11 Å². The molecule has 1 amide bonds. The fraction of sp³-hybridized carbons (Fsp3) is 0.500. The Morgan fingerprint density at radius 1 is 1.56 bits per heavy atom. The Balaban J connectivity index is 2.03. The van der Waals surface area contributed by atoms with Crippen molar-refractivity contribution in [2.24, 2.45) is 0 Å². The van der Waals surface area contributed by atoms with Crippen molar-refractivity contribution in [2.45, 2.75) is 31.2 Å². The van der Waals surface area contributed by atoms with E-state index in [9.17, 15) is 9.59 Å². The minimum Gasteiger partial charge on any atom is -0.496 e. The van der Waals surface area contributed by atoms with Gasteiger partial charge in [0.05, 0.1) is 23.9 Å². The number of amides is 1. The first-order valence-electron chi connectivity index (χ1n) is 5.71. The van der Waals surface area contributed by atoms with Crippen LogP contribution in [0, 0.1) is 0 Å². The molecule has 0 radical (unpaired) electrons. The number of rotatable bonds is 5. The van der Waals surface area contributed by atoms with E-state index in [2.05, 4.69) is 5.32 Å². The molecule has 18 heavy (non-hydrogen) atoms. The van der Waals surface area contributed by atoms with E-state index in [1.165, 1.54) is 11.3 Å². The average Bonchev–Trinajstić information content (AvgIpc) is 2.73. The zero-order valence-corrected chi connectivity index (χ0v) is 10.9. The number of carboxylic acid groups (broad SMARTS) is 1. The second kappa shape index (κ2) is 4.97. The molecule has 1 aliphatic carbocycles. The third-order valence-electron chi connectivity index (χ3n) is 3.21. The van der Waals surface area contributed by atoms with Crippen LogP contribution in [0.3, 0.4) is 0 Å². The summed E-state index contributed by atoms with van der Waals surface area (Å²) in [6, 6.07) is 1.66. The molecule has 0 aromatic carbocycles. The Bertz CT molecular complexity index is 464. The first kappa shape index (κ1) is 12.9. The van der Waals surface area contributed by atoms with Crippen LogP contribution in [-0.2, 0) is 4.79 Å². The molecule has 0 bridgehead atoms. The van der Waals surface area contributed by atoms with Gasteiger partial charge in [-0.15, -0.1) is 11.3 Å². The largest absolute Gasteiger partial charge is 0.496 e. The molecule has 0 aliphatic heterocycles. The van der Waals surface area contributed by atoms with Crippen LogP contribution < -0.4 is 10.1 Å². The van der Waals surface area contributed by atoms with Gasteiger partial charge in [0.1, 0.15) is 5.75 Å². The third-order valence-corrected chi connectivity index (χ3v) is 4.12. The van der Waals surface area contributed by atoms with Gasteiger partial charge < -0.3 is 15.2 Å². The van der Waals surface area contributed by atoms with Gasteiger partial charge in [-0.1, -0.05) is 0 Å². The van der Waals surface area contributed by atoms with Crippen molar-refractivity contribution in [1.82, 2.24) is 5.32 Å². The van der Waals surface area contributed by atoms with E-state index in [-0.39, 0.29) is 12.3 Å². The van der Waals surface area contributed by atoms with Crippen LogP contribution in [0.2, 0.25) is 0 Å². The van der Waals surface area contributed by atoms with Crippen molar-refractivity contribution >= 4 is 23.2 Å². The van der Waals surface area contributed by atoms with E-state index >= 15 is 0 Å². The van der Waals surface area contributed by atoms with E-state index in [0.717, 1.165) is 19.3 Å². The molecule has 1 aromatic heterocycles. The Labute approximate surface area is 109 Å². The maximum Gasteiger partial charge on any atom is 0.305 e. The lowest BCUT2D eigenvalue weighted by molar-refractivity contribution is -0.139. The number of thiophene rings is 1. The molecule has 1 aliphatic rings. The quantitative estimate of drug-likeness (QED) is 0.855. The lowest BCUT2D eigenvalue weighted by Crippen LogP contribution is -2.54. The fourth-order valence-corrected chi connectivity index (χ4v) is 2.84. The summed E-state index contributed by atoms with van der Waals surface area (Å²) in [5.41, 5.74) is -0.555. The number of hydrogen-bond acceptors (Lipinski definition) is 4. The summed E-state index contributed by atoms with van der Waals surface area (Å²) < 4.78 is 5.02. The molecule has 2 N–H and O–H groups in total. The Morgan fingerprint density at radius 2 is 2.28 bits per heavy atom. The molecule has 0 spiro atoms. The zero-order chi connectivity index (χ0) is 13.2. The lowest BCUT2D eigenvalue weighted by Gasteiger charge is -2.41. The molecule has 0 saturated heterocycles. The Hall–Kier alpha value is -1.56. The van der Waals surface area contributed by atoms with Gasteiger partial charge in [0.15, 0.2) is 0 Å². The second-order valence-corrected chi connectivity index (χ2v) is 5.42. The van der Waals surface area contributed by atoms with Crippen molar-refractivity contribution in [1.29, 1.82) is 0 Å². The molecular formula is C12H15NO4S.